The Balaban J connectivity index is 1.40. The Kier molecular flexibility index (Phi) is 7.94. The van der Waals surface area contributed by atoms with Crippen LogP contribution in [0.1, 0.15) is 41.6 Å². The predicted molar refractivity (Wildman–Crippen MR) is 169 cm³/mol. The fraction of sp³-hybridized carbons (Fsp3) is 0.171. The fourth-order valence-electron chi connectivity index (χ4n) is 5.04. The Hall–Kier alpha value is -4.95. The molecule has 1 N–H and O–H groups in total. The van der Waals surface area contributed by atoms with E-state index in [0.29, 0.717) is 41.0 Å². The maximum atomic E-state index is 13.6. The number of aliphatic hydroxyl groups is 1. The Labute approximate surface area is 253 Å². The first kappa shape index (κ1) is 28.2. The molecule has 1 aromatic heterocycles. The number of carbonyl (C=O) groups excluding carboxylic acids is 2. The van der Waals surface area contributed by atoms with Crippen LogP contribution in [0.3, 0.4) is 0 Å². The molecule has 0 saturated carbocycles. The van der Waals surface area contributed by atoms with Crippen LogP contribution >= 0.6 is 11.3 Å². The molecule has 6 rings (SSSR count). The maximum absolute atomic E-state index is 13.6. The van der Waals surface area contributed by atoms with Crippen molar-refractivity contribution in [2.75, 3.05) is 11.5 Å². The molecule has 0 spiro atoms. The van der Waals surface area contributed by atoms with Crippen molar-refractivity contribution in [3.05, 3.63) is 125 Å². The number of aromatic nitrogens is 1. The summed E-state index contributed by atoms with van der Waals surface area (Å²) in [6.07, 6.45) is 0.868. The van der Waals surface area contributed by atoms with E-state index in [1.165, 1.54) is 16.2 Å². The van der Waals surface area contributed by atoms with Gasteiger partial charge in [-0.1, -0.05) is 66.8 Å². The lowest BCUT2D eigenvalue weighted by Gasteiger charge is -2.23. The summed E-state index contributed by atoms with van der Waals surface area (Å²) in [6.45, 7) is 4.99. The number of amides is 1. The second-order valence-electron chi connectivity index (χ2n) is 10.4. The van der Waals surface area contributed by atoms with E-state index in [1.807, 2.05) is 74.5 Å². The molecule has 216 valence electrons. The van der Waals surface area contributed by atoms with Gasteiger partial charge in [0.2, 0.25) is 0 Å². The molecule has 1 fully saturated rings. The molecule has 8 heteroatoms. The number of ketones is 1. The van der Waals surface area contributed by atoms with Crippen LogP contribution in [-0.4, -0.2) is 28.4 Å². The van der Waals surface area contributed by atoms with E-state index in [1.54, 1.807) is 36.4 Å². The number of anilines is 1. The van der Waals surface area contributed by atoms with Gasteiger partial charge in [0.05, 0.1) is 28.4 Å². The minimum atomic E-state index is -0.888. The van der Waals surface area contributed by atoms with E-state index >= 15 is 0 Å². The summed E-state index contributed by atoms with van der Waals surface area (Å²) in [5, 5.41) is 11.9. The van der Waals surface area contributed by atoms with Crippen LogP contribution in [-0.2, 0) is 16.2 Å². The number of aliphatic hydroxyl groups excluding tert-OH is 1. The number of rotatable bonds is 9. The van der Waals surface area contributed by atoms with Crippen molar-refractivity contribution in [2.24, 2.45) is 0 Å². The van der Waals surface area contributed by atoms with Crippen molar-refractivity contribution >= 4 is 44.1 Å². The van der Waals surface area contributed by atoms with Gasteiger partial charge in [0.15, 0.2) is 5.13 Å². The fourth-order valence-corrected chi connectivity index (χ4v) is 6.13. The monoisotopic (exact) mass is 590 g/mol. The van der Waals surface area contributed by atoms with Crippen LogP contribution < -0.4 is 14.4 Å². The van der Waals surface area contributed by atoms with Gasteiger partial charge < -0.3 is 14.6 Å². The topological polar surface area (TPSA) is 89.0 Å². The number of ether oxygens (including phenoxy) is 2. The number of thiazole rings is 1. The summed E-state index contributed by atoms with van der Waals surface area (Å²) in [7, 11) is 0. The highest BCUT2D eigenvalue weighted by Gasteiger charge is 2.48. The molecular weight excluding hydrogens is 560 g/mol. The largest absolute Gasteiger partial charge is 0.507 e. The van der Waals surface area contributed by atoms with Gasteiger partial charge in [-0.05, 0) is 78.6 Å². The minimum Gasteiger partial charge on any atom is -0.507 e. The van der Waals surface area contributed by atoms with E-state index < -0.39 is 17.7 Å². The van der Waals surface area contributed by atoms with Crippen LogP contribution in [0.25, 0.3) is 16.0 Å². The SMILES string of the molecule is CCCOc1ccc(C(O)=C2C(=O)C(=O)N(c3nc4ccc(C)cc4s3)C2c2ccc(OCc3ccccc3)cc2)cc1. The molecule has 1 aliphatic rings. The van der Waals surface area contributed by atoms with Gasteiger partial charge in [-0.25, -0.2) is 4.98 Å². The van der Waals surface area contributed by atoms with Gasteiger partial charge in [0, 0.05) is 5.56 Å². The number of fused-ring (bicyclic) bond motifs is 1. The molecule has 0 aliphatic carbocycles. The van der Waals surface area contributed by atoms with Crippen LogP contribution in [0.15, 0.2) is 103 Å². The third-order valence-corrected chi connectivity index (χ3v) is 8.25. The first-order valence-electron chi connectivity index (χ1n) is 14.1. The molecule has 2 heterocycles. The van der Waals surface area contributed by atoms with Crippen molar-refractivity contribution in [2.45, 2.75) is 32.9 Å². The number of aryl methyl sites for hydroxylation is 1. The Morgan fingerprint density at radius 2 is 1.60 bits per heavy atom. The molecule has 43 heavy (non-hydrogen) atoms. The smallest absolute Gasteiger partial charge is 0.301 e. The summed E-state index contributed by atoms with van der Waals surface area (Å²) in [5.74, 6) is -0.466. The lowest BCUT2D eigenvalue weighted by atomic mass is 9.95. The zero-order valence-electron chi connectivity index (χ0n) is 23.8. The minimum absolute atomic E-state index is 0.000571. The van der Waals surface area contributed by atoms with Crippen LogP contribution in [0, 0.1) is 6.92 Å². The van der Waals surface area contributed by atoms with Gasteiger partial charge in [-0.2, -0.15) is 0 Å². The second kappa shape index (κ2) is 12.1. The van der Waals surface area contributed by atoms with Gasteiger partial charge in [0.25, 0.3) is 5.78 Å². The standard InChI is InChI=1S/C35H30N2O5S/c1-3-19-41-26-16-12-25(13-17-26)32(38)30-31(24-10-14-27(15-11-24)42-21-23-7-5-4-6-8-23)37(34(40)33(30)39)35-36-28-18-9-22(2)20-29(28)43-35/h4-18,20,31,38H,3,19,21H2,1-2H3. The number of carbonyl (C=O) groups is 2. The zero-order valence-corrected chi connectivity index (χ0v) is 24.6. The normalized spacial score (nSPS) is 16.1. The Bertz CT molecular complexity index is 1810. The van der Waals surface area contributed by atoms with E-state index in [0.717, 1.165) is 27.8 Å². The molecule has 1 saturated heterocycles. The third kappa shape index (κ3) is 5.74. The molecule has 1 amide bonds. The van der Waals surface area contributed by atoms with Gasteiger partial charge in [-0.15, -0.1) is 0 Å². The third-order valence-electron chi connectivity index (χ3n) is 7.23. The van der Waals surface area contributed by atoms with Crippen LogP contribution in [0.4, 0.5) is 5.13 Å². The molecule has 1 atom stereocenters. The Morgan fingerprint density at radius 1 is 0.907 bits per heavy atom. The summed E-state index contributed by atoms with van der Waals surface area (Å²) in [6, 6.07) is 28.9. The number of Topliss-reactive ketones (excluding diaryl/α,β-unsaturated/α-hetero) is 1. The van der Waals surface area contributed by atoms with Gasteiger partial charge in [-0.3, -0.25) is 14.5 Å². The number of benzene rings is 4. The predicted octanol–water partition coefficient (Wildman–Crippen LogP) is 7.60. The van der Waals surface area contributed by atoms with Crippen molar-refractivity contribution in [1.29, 1.82) is 0 Å². The van der Waals surface area contributed by atoms with Crippen molar-refractivity contribution in [3.8, 4) is 11.5 Å². The van der Waals surface area contributed by atoms with E-state index in [9.17, 15) is 14.7 Å². The lowest BCUT2D eigenvalue weighted by Crippen LogP contribution is -2.29. The molecule has 0 radical (unpaired) electrons. The van der Waals surface area contributed by atoms with Gasteiger partial charge in [0.1, 0.15) is 23.9 Å². The van der Waals surface area contributed by atoms with Crippen LogP contribution in [0.2, 0.25) is 0 Å². The number of hydrogen-bond acceptors (Lipinski definition) is 7. The summed E-state index contributed by atoms with van der Waals surface area (Å²) in [4.78, 5) is 33.3. The quantitative estimate of drug-likeness (QED) is 0.108. The first-order valence-corrected chi connectivity index (χ1v) is 14.9. The molecule has 1 aliphatic heterocycles. The van der Waals surface area contributed by atoms with Crippen molar-refractivity contribution in [3.63, 3.8) is 0 Å². The van der Waals surface area contributed by atoms with Gasteiger partial charge >= 0.3 is 5.91 Å². The summed E-state index contributed by atoms with van der Waals surface area (Å²) < 4.78 is 12.5. The average molecular weight is 591 g/mol. The zero-order chi connectivity index (χ0) is 29.9. The van der Waals surface area contributed by atoms with Crippen molar-refractivity contribution < 1.29 is 24.2 Å². The number of hydrogen-bond donors (Lipinski definition) is 1. The summed E-state index contributed by atoms with van der Waals surface area (Å²) in [5.41, 5.74) is 3.90. The van der Waals surface area contributed by atoms with Crippen LogP contribution in [0.5, 0.6) is 11.5 Å². The summed E-state index contributed by atoms with van der Waals surface area (Å²) >= 11 is 1.34. The highest BCUT2D eigenvalue weighted by atomic mass is 32.1. The second-order valence-corrected chi connectivity index (χ2v) is 11.4. The first-order chi connectivity index (χ1) is 20.9. The number of nitrogens with zero attached hydrogens (tertiary/aromatic N) is 2. The van der Waals surface area contributed by atoms with E-state index in [4.69, 9.17) is 14.5 Å². The lowest BCUT2D eigenvalue weighted by molar-refractivity contribution is -0.132. The van der Waals surface area contributed by atoms with E-state index in [-0.39, 0.29) is 11.3 Å². The Morgan fingerprint density at radius 3 is 2.33 bits per heavy atom. The van der Waals surface area contributed by atoms with E-state index in [2.05, 4.69) is 0 Å². The highest BCUT2D eigenvalue weighted by molar-refractivity contribution is 7.22. The molecule has 1 unspecified atom stereocenters. The molecular formula is C35H30N2O5S. The maximum Gasteiger partial charge on any atom is 0.301 e. The molecule has 5 aromatic rings. The molecule has 4 aromatic carbocycles. The molecule has 7 nitrogen and oxygen atoms in total. The average Bonchev–Trinajstić information content (AvgIpc) is 3.56. The highest BCUT2D eigenvalue weighted by Crippen LogP contribution is 2.44. The van der Waals surface area contributed by atoms with Crippen molar-refractivity contribution in [1.82, 2.24) is 4.98 Å². The molecule has 0 bridgehead atoms.